The Labute approximate surface area is 291 Å². The second-order valence-corrected chi connectivity index (χ2v) is 16.3. The van der Waals surface area contributed by atoms with Crippen LogP contribution in [0.2, 0.25) is 0 Å². The lowest BCUT2D eigenvalue weighted by atomic mass is 9.82. The molecule has 0 saturated carbocycles. The Balaban J connectivity index is 1.17. The first-order valence-electron chi connectivity index (χ1n) is 16.7. The van der Waals surface area contributed by atoms with E-state index in [-0.39, 0.29) is 10.8 Å². The zero-order chi connectivity index (χ0) is 32.4. The van der Waals surface area contributed by atoms with E-state index in [2.05, 4.69) is 171 Å². The van der Waals surface area contributed by atoms with E-state index in [9.17, 15) is 0 Å². The average molecular weight is 655 g/mol. The Bertz CT molecular complexity index is 2220. The highest BCUT2D eigenvalue weighted by Gasteiger charge is 2.41. The van der Waals surface area contributed by atoms with Crippen molar-refractivity contribution in [2.45, 2.75) is 48.3 Å². The van der Waals surface area contributed by atoms with Gasteiger partial charge in [-0.05, 0) is 93.0 Å². The van der Waals surface area contributed by atoms with Crippen LogP contribution in [0.25, 0.3) is 22.3 Å². The SMILES string of the molecule is CC1(C)c2ccccc2-c2ccc(N3/C(=C4\Sc5ccccc5N4c4ccc5c(c4)C(C)(C)c4ccccc4-5)Sc4ccccc43)cc21. The molecule has 10 rings (SSSR count). The summed E-state index contributed by atoms with van der Waals surface area (Å²) in [6.07, 6.45) is 0. The number of rotatable bonds is 2. The zero-order valence-electron chi connectivity index (χ0n) is 27.4. The maximum atomic E-state index is 2.51. The first-order chi connectivity index (χ1) is 23.3. The lowest BCUT2D eigenvalue weighted by molar-refractivity contribution is 0.660. The fourth-order valence-electron chi connectivity index (χ4n) is 8.43. The molecule has 0 aromatic heterocycles. The van der Waals surface area contributed by atoms with Crippen molar-refractivity contribution in [1.29, 1.82) is 0 Å². The highest BCUT2D eigenvalue weighted by Crippen LogP contribution is 2.60. The van der Waals surface area contributed by atoms with Crippen molar-refractivity contribution < 1.29 is 0 Å². The van der Waals surface area contributed by atoms with E-state index in [4.69, 9.17) is 0 Å². The lowest BCUT2D eigenvalue weighted by Gasteiger charge is -2.29. The third-order valence-corrected chi connectivity index (χ3v) is 13.3. The van der Waals surface area contributed by atoms with Crippen LogP contribution >= 0.6 is 23.5 Å². The molecule has 0 radical (unpaired) electrons. The van der Waals surface area contributed by atoms with Crippen LogP contribution in [0.5, 0.6) is 0 Å². The van der Waals surface area contributed by atoms with Gasteiger partial charge >= 0.3 is 0 Å². The molecule has 6 aromatic carbocycles. The van der Waals surface area contributed by atoms with Gasteiger partial charge in [0.2, 0.25) is 0 Å². The van der Waals surface area contributed by atoms with E-state index in [1.54, 1.807) is 0 Å². The highest BCUT2D eigenvalue weighted by atomic mass is 32.2. The van der Waals surface area contributed by atoms with Crippen molar-refractivity contribution in [2.24, 2.45) is 0 Å². The summed E-state index contributed by atoms with van der Waals surface area (Å²) in [5.41, 5.74) is 15.7. The molecule has 0 atom stereocenters. The molecule has 4 heteroatoms. The first kappa shape index (κ1) is 28.4. The number of hydrogen-bond donors (Lipinski definition) is 0. The topological polar surface area (TPSA) is 6.48 Å². The smallest absolute Gasteiger partial charge is 0.116 e. The van der Waals surface area contributed by atoms with Crippen molar-refractivity contribution in [3.8, 4) is 22.3 Å². The van der Waals surface area contributed by atoms with Crippen molar-refractivity contribution >= 4 is 46.3 Å². The number of nitrogens with zero attached hydrogens (tertiary/aromatic N) is 2. The third-order valence-electron chi connectivity index (χ3n) is 10.9. The van der Waals surface area contributed by atoms with E-state index in [0.29, 0.717) is 0 Å². The second-order valence-electron chi connectivity index (χ2n) is 14.2. The molecule has 48 heavy (non-hydrogen) atoms. The van der Waals surface area contributed by atoms with E-state index in [1.807, 2.05) is 23.5 Å². The summed E-state index contributed by atoms with van der Waals surface area (Å²) in [5.74, 6) is 0. The lowest BCUT2D eigenvalue weighted by Crippen LogP contribution is -2.20. The number of para-hydroxylation sites is 2. The normalized spacial score (nSPS) is 18.7. The van der Waals surface area contributed by atoms with E-state index in [1.165, 1.54) is 87.1 Å². The molecule has 2 heterocycles. The van der Waals surface area contributed by atoms with Gasteiger partial charge in [0.25, 0.3) is 0 Å². The molecule has 0 unspecified atom stereocenters. The van der Waals surface area contributed by atoms with Gasteiger partial charge in [0.1, 0.15) is 10.1 Å². The molecule has 0 amide bonds. The fraction of sp³-hybridized carbons (Fsp3) is 0.136. The Morgan fingerprint density at radius 2 is 0.771 bits per heavy atom. The standard InChI is InChI=1S/C44H34N2S2/c1-43(2)33-15-7-5-13-29(33)31-23-21-27(25-35(31)43)45-37-17-9-11-19-39(37)47-41(45)42-46(38-18-10-12-20-40(38)48-42)28-22-24-32-30-14-6-8-16-34(30)44(3,4)36(32)26-28/h5-26H,1-4H3/b42-41+. The van der Waals surface area contributed by atoms with Crippen LogP contribution in [0.15, 0.2) is 153 Å². The number of hydrogen-bond acceptors (Lipinski definition) is 4. The molecule has 0 fully saturated rings. The maximum Gasteiger partial charge on any atom is 0.116 e. The molecular formula is C44H34N2S2. The molecule has 4 aliphatic rings. The highest BCUT2D eigenvalue weighted by molar-refractivity contribution is 8.07. The minimum absolute atomic E-state index is 0.0686. The summed E-state index contributed by atoms with van der Waals surface area (Å²) >= 11 is 3.77. The Morgan fingerprint density at radius 1 is 0.396 bits per heavy atom. The van der Waals surface area contributed by atoms with Crippen molar-refractivity contribution in [1.82, 2.24) is 0 Å². The van der Waals surface area contributed by atoms with Gasteiger partial charge in [-0.3, -0.25) is 0 Å². The molecular weight excluding hydrogens is 621 g/mol. The molecule has 2 aliphatic heterocycles. The summed E-state index contributed by atoms with van der Waals surface area (Å²) in [7, 11) is 0. The molecule has 232 valence electrons. The van der Waals surface area contributed by atoms with E-state index in [0.717, 1.165) is 0 Å². The monoisotopic (exact) mass is 654 g/mol. The van der Waals surface area contributed by atoms with Crippen molar-refractivity contribution in [3.63, 3.8) is 0 Å². The number of benzene rings is 6. The predicted octanol–water partition coefficient (Wildman–Crippen LogP) is 12.6. The summed E-state index contributed by atoms with van der Waals surface area (Å²) in [5, 5.41) is 2.49. The summed E-state index contributed by atoms with van der Waals surface area (Å²) in [6, 6.07) is 49.8. The minimum Gasteiger partial charge on any atom is -0.301 e. The molecule has 0 N–H and O–H groups in total. The van der Waals surface area contributed by atoms with Gasteiger partial charge in [-0.25, -0.2) is 0 Å². The quantitative estimate of drug-likeness (QED) is 0.183. The molecule has 6 aromatic rings. The van der Waals surface area contributed by atoms with Crippen molar-refractivity contribution in [2.75, 3.05) is 9.80 Å². The van der Waals surface area contributed by atoms with Crippen LogP contribution in [-0.2, 0) is 10.8 Å². The van der Waals surface area contributed by atoms with Gasteiger partial charge in [-0.2, -0.15) is 0 Å². The molecule has 2 nitrogen and oxygen atoms in total. The van der Waals surface area contributed by atoms with Gasteiger partial charge in [-0.1, -0.05) is 136 Å². The van der Waals surface area contributed by atoms with Crippen LogP contribution in [0.1, 0.15) is 49.9 Å². The largest absolute Gasteiger partial charge is 0.301 e. The minimum atomic E-state index is -0.0686. The van der Waals surface area contributed by atoms with Crippen molar-refractivity contribution in [3.05, 3.63) is 166 Å². The Kier molecular flexibility index (Phi) is 5.88. The summed E-state index contributed by atoms with van der Waals surface area (Å²) in [6.45, 7) is 9.47. The van der Waals surface area contributed by atoms with Gasteiger partial charge < -0.3 is 9.80 Å². The van der Waals surface area contributed by atoms with Crippen LogP contribution in [0.4, 0.5) is 22.7 Å². The van der Waals surface area contributed by atoms with Gasteiger partial charge in [0, 0.05) is 32.0 Å². The molecule has 0 bridgehead atoms. The van der Waals surface area contributed by atoms with E-state index < -0.39 is 0 Å². The average Bonchev–Trinajstić information content (AvgIpc) is 3.81. The predicted molar refractivity (Wildman–Crippen MR) is 204 cm³/mol. The fourth-order valence-corrected chi connectivity index (χ4v) is 10.9. The van der Waals surface area contributed by atoms with Crippen LogP contribution in [-0.4, -0.2) is 0 Å². The van der Waals surface area contributed by atoms with Crippen LogP contribution in [0, 0.1) is 0 Å². The molecule has 2 aliphatic carbocycles. The first-order valence-corrected chi connectivity index (χ1v) is 18.3. The zero-order valence-corrected chi connectivity index (χ0v) is 29.0. The number of fused-ring (bicyclic) bond motifs is 8. The number of thioether (sulfide) groups is 2. The molecule has 0 spiro atoms. The second kappa shape index (κ2) is 9.95. The van der Waals surface area contributed by atoms with Gasteiger partial charge in [-0.15, -0.1) is 0 Å². The maximum absolute atomic E-state index is 2.51. The number of anilines is 4. The van der Waals surface area contributed by atoms with Gasteiger partial charge in [0.15, 0.2) is 0 Å². The Hall–Kier alpha value is -4.64. The van der Waals surface area contributed by atoms with E-state index >= 15 is 0 Å². The third kappa shape index (κ3) is 3.79. The molecule has 0 saturated heterocycles. The Morgan fingerprint density at radius 3 is 1.23 bits per heavy atom. The summed E-state index contributed by atoms with van der Waals surface area (Å²) < 4.78 is 0. The van der Waals surface area contributed by atoms with Crippen LogP contribution < -0.4 is 9.80 Å². The summed E-state index contributed by atoms with van der Waals surface area (Å²) in [4.78, 5) is 7.58. The van der Waals surface area contributed by atoms with Gasteiger partial charge in [0.05, 0.1) is 11.4 Å². The van der Waals surface area contributed by atoms with Crippen LogP contribution in [0.3, 0.4) is 0 Å².